The predicted octanol–water partition coefficient (Wildman–Crippen LogP) is 1.50. The predicted molar refractivity (Wildman–Crippen MR) is 74.2 cm³/mol. The molecule has 0 spiro atoms. The van der Waals surface area contributed by atoms with Crippen LogP contribution in [-0.4, -0.2) is 30.4 Å². The smallest absolute Gasteiger partial charge is 0.335 e. The molecule has 1 amide bonds. The lowest BCUT2D eigenvalue weighted by atomic mass is 10.1. The number of aromatic nitrogens is 1. The zero-order chi connectivity index (χ0) is 15.4. The summed E-state index contributed by atoms with van der Waals surface area (Å²) in [6, 6.07) is 3.40. The number of rotatable bonds is 2. The molecule has 1 aromatic carbocycles. The number of benzene rings is 1. The minimum atomic E-state index is -4.12. The van der Waals surface area contributed by atoms with Crippen LogP contribution in [-0.2, 0) is 10.0 Å². The Balaban J connectivity index is 2.21. The maximum absolute atomic E-state index is 12.5. The maximum Gasteiger partial charge on any atom is 0.335 e. The summed E-state index contributed by atoms with van der Waals surface area (Å²) < 4.78 is 25.5. The Labute approximate surface area is 123 Å². The van der Waals surface area contributed by atoms with E-state index < -0.39 is 21.9 Å². The van der Waals surface area contributed by atoms with Crippen LogP contribution in [0.5, 0.6) is 0 Å². The number of carbonyl (C=O) groups is 2. The largest absolute Gasteiger partial charge is 0.478 e. The molecule has 0 bridgehead atoms. The van der Waals surface area contributed by atoms with Gasteiger partial charge in [-0.2, -0.15) is 4.31 Å². The minimum Gasteiger partial charge on any atom is -0.478 e. The first-order chi connectivity index (χ1) is 9.82. The standard InChI is InChI=1S/C12H8N2O5S2/c1-6-5-13-12(20-6)14-10(15)8-3-2-7(11(16)17)4-9(8)21(14,18)19/h2-5H,1H3,(H,16,17). The number of amides is 1. The second-order valence-electron chi connectivity index (χ2n) is 4.34. The van der Waals surface area contributed by atoms with E-state index in [1.54, 1.807) is 6.92 Å². The zero-order valence-electron chi connectivity index (χ0n) is 10.6. The van der Waals surface area contributed by atoms with Crippen molar-refractivity contribution in [3.05, 3.63) is 40.4 Å². The van der Waals surface area contributed by atoms with Crippen LogP contribution in [0.15, 0.2) is 29.3 Å². The van der Waals surface area contributed by atoms with Gasteiger partial charge in [0.1, 0.15) is 4.90 Å². The number of sulfonamides is 1. The van der Waals surface area contributed by atoms with Crippen LogP contribution >= 0.6 is 11.3 Å². The van der Waals surface area contributed by atoms with Crippen molar-refractivity contribution in [1.82, 2.24) is 4.98 Å². The summed E-state index contributed by atoms with van der Waals surface area (Å²) in [5.41, 5.74) is -0.241. The van der Waals surface area contributed by atoms with Crippen molar-refractivity contribution in [2.75, 3.05) is 4.31 Å². The molecule has 2 heterocycles. The van der Waals surface area contributed by atoms with Crippen molar-refractivity contribution in [2.45, 2.75) is 11.8 Å². The first kappa shape index (κ1) is 13.7. The lowest BCUT2D eigenvalue weighted by Gasteiger charge is -2.10. The van der Waals surface area contributed by atoms with Gasteiger partial charge in [-0.1, -0.05) is 0 Å². The maximum atomic E-state index is 12.5. The summed E-state index contributed by atoms with van der Waals surface area (Å²) in [4.78, 5) is 27.6. The summed E-state index contributed by atoms with van der Waals surface area (Å²) in [6.07, 6.45) is 1.47. The van der Waals surface area contributed by atoms with Gasteiger partial charge in [-0.3, -0.25) is 4.79 Å². The zero-order valence-corrected chi connectivity index (χ0v) is 12.2. The van der Waals surface area contributed by atoms with Crippen molar-refractivity contribution in [2.24, 2.45) is 0 Å². The summed E-state index contributed by atoms with van der Waals surface area (Å²) in [5, 5.41) is 8.98. The highest BCUT2D eigenvalue weighted by atomic mass is 32.2. The van der Waals surface area contributed by atoms with Gasteiger partial charge in [-0.05, 0) is 25.1 Å². The molecule has 0 fully saturated rings. The fourth-order valence-corrected chi connectivity index (χ4v) is 4.53. The monoisotopic (exact) mass is 324 g/mol. The number of thiazole rings is 1. The molecule has 1 N–H and O–H groups in total. The third-order valence-corrected chi connectivity index (χ3v) is 5.67. The Kier molecular flexibility index (Phi) is 2.85. The Morgan fingerprint density at radius 2 is 2.10 bits per heavy atom. The van der Waals surface area contributed by atoms with Crippen LogP contribution in [0.2, 0.25) is 0 Å². The van der Waals surface area contributed by atoms with Gasteiger partial charge >= 0.3 is 5.97 Å². The molecule has 9 heteroatoms. The number of fused-ring (bicyclic) bond motifs is 1. The van der Waals surface area contributed by atoms with E-state index >= 15 is 0 Å². The fourth-order valence-electron chi connectivity index (χ4n) is 1.99. The highest BCUT2D eigenvalue weighted by Gasteiger charge is 2.44. The third kappa shape index (κ3) is 1.93. The van der Waals surface area contributed by atoms with Gasteiger partial charge in [0.25, 0.3) is 15.9 Å². The number of carbonyl (C=O) groups excluding carboxylic acids is 1. The Morgan fingerprint density at radius 3 is 2.67 bits per heavy atom. The van der Waals surface area contributed by atoms with Gasteiger partial charge < -0.3 is 5.11 Å². The molecule has 0 aliphatic carbocycles. The number of carboxylic acids is 1. The topological polar surface area (TPSA) is 105 Å². The molecule has 0 atom stereocenters. The summed E-state index contributed by atoms with van der Waals surface area (Å²) >= 11 is 1.07. The number of aryl methyl sites for hydroxylation is 1. The fraction of sp³-hybridized carbons (Fsp3) is 0.0833. The Morgan fingerprint density at radius 1 is 1.38 bits per heavy atom. The molecular formula is C12H8N2O5S2. The molecular weight excluding hydrogens is 316 g/mol. The van der Waals surface area contributed by atoms with Crippen molar-refractivity contribution < 1.29 is 23.1 Å². The number of hydrogen-bond acceptors (Lipinski definition) is 6. The van der Waals surface area contributed by atoms with Crippen LogP contribution in [0.25, 0.3) is 0 Å². The van der Waals surface area contributed by atoms with Crippen LogP contribution < -0.4 is 4.31 Å². The number of hydrogen-bond donors (Lipinski definition) is 1. The van der Waals surface area contributed by atoms with Gasteiger partial charge in [0.15, 0.2) is 0 Å². The average molecular weight is 324 g/mol. The highest BCUT2D eigenvalue weighted by molar-refractivity contribution is 7.94. The molecule has 0 unspecified atom stereocenters. The van der Waals surface area contributed by atoms with Gasteiger partial charge in [0.05, 0.1) is 11.1 Å². The number of carboxylic acid groups (broad SMARTS) is 1. The SMILES string of the molecule is Cc1cnc(N2C(=O)c3ccc(C(=O)O)cc3S2(=O)=O)s1. The minimum absolute atomic E-state index is 0.0468. The van der Waals surface area contributed by atoms with Crippen molar-refractivity contribution >= 4 is 38.4 Å². The average Bonchev–Trinajstić information content (AvgIpc) is 2.90. The molecule has 1 aliphatic rings. The quantitative estimate of drug-likeness (QED) is 0.897. The van der Waals surface area contributed by atoms with Crippen LogP contribution in [0, 0.1) is 6.92 Å². The lowest BCUT2D eigenvalue weighted by Crippen LogP contribution is -2.29. The second-order valence-corrected chi connectivity index (χ2v) is 7.31. The number of aromatic carboxylic acids is 1. The van der Waals surface area contributed by atoms with E-state index in [9.17, 15) is 18.0 Å². The first-order valence-corrected chi connectivity index (χ1v) is 7.97. The Bertz CT molecular complexity index is 885. The molecule has 0 saturated heterocycles. The molecule has 3 rings (SSSR count). The van der Waals surface area contributed by atoms with Gasteiger partial charge in [-0.25, -0.2) is 18.2 Å². The molecule has 108 valence electrons. The normalized spacial score (nSPS) is 16.0. The molecule has 2 aromatic rings. The summed E-state index contributed by atoms with van der Waals surface area (Å²) in [5.74, 6) is -1.99. The van der Waals surface area contributed by atoms with Gasteiger partial charge in [0.2, 0.25) is 5.13 Å². The van der Waals surface area contributed by atoms with E-state index in [0.29, 0.717) is 4.31 Å². The van der Waals surface area contributed by atoms with E-state index in [-0.39, 0.29) is 21.2 Å². The summed E-state index contributed by atoms with van der Waals surface area (Å²) in [6.45, 7) is 1.74. The van der Waals surface area contributed by atoms with Crippen molar-refractivity contribution in [3.63, 3.8) is 0 Å². The van der Waals surface area contributed by atoms with E-state index in [1.807, 2.05) is 0 Å². The lowest BCUT2D eigenvalue weighted by molar-refractivity contribution is 0.0696. The number of anilines is 1. The molecule has 0 saturated carbocycles. The molecule has 0 radical (unpaired) electrons. The van der Waals surface area contributed by atoms with E-state index in [0.717, 1.165) is 22.3 Å². The van der Waals surface area contributed by atoms with E-state index in [2.05, 4.69) is 4.98 Å². The van der Waals surface area contributed by atoms with Crippen molar-refractivity contribution in [3.8, 4) is 0 Å². The number of nitrogens with zero attached hydrogens (tertiary/aromatic N) is 2. The molecule has 1 aromatic heterocycles. The van der Waals surface area contributed by atoms with Gasteiger partial charge in [0, 0.05) is 11.1 Å². The molecule has 1 aliphatic heterocycles. The van der Waals surface area contributed by atoms with E-state index in [4.69, 9.17) is 5.11 Å². The van der Waals surface area contributed by atoms with Crippen LogP contribution in [0.4, 0.5) is 5.13 Å². The second kappa shape index (κ2) is 4.37. The molecule has 21 heavy (non-hydrogen) atoms. The molecule has 7 nitrogen and oxygen atoms in total. The van der Waals surface area contributed by atoms with Gasteiger partial charge in [-0.15, -0.1) is 11.3 Å². The van der Waals surface area contributed by atoms with Crippen LogP contribution in [0.3, 0.4) is 0 Å². The Hall–Kier alpha value is -2.26. The van der Waals surface area contributed by atoms with Crippen LogP contribution in [0.1, 0.15) is 25.6 Å². The first-order valence-electron chi connectivity index (χ1n) is 5.72. The van der Waals surface area contributed by atoms with E-state index in [1.165, 1.54) is 18.3 Å². The highest BCUT2D eigenvalue weighted by Crippen LogP contribution is 2.36. The third-order valence-electron chi connectivity index (χ3n) is 2.94. The van der Waals surface area contributed by atoms with Crippen molar-refractivity contribution in [1.29, 1.82) is 0 Å². The summed E-state index contributed by atoms with van der Waals surface area (Å²) in [7, 11) is -4.12.